The number of hydrogen-bond donors (Lipinski definition) is 0. The first-order valence-electron chi connectivity index (χ1n) is 9.75. The Morgan fingerprint density at radius 3 is 1.50 bits per heavy atom. The van der Waals surface area contributed by atoms with E-state index in [0.717, 1.165) is 12.1 Å². The van der Waals surface area contributed by atoms with Gasteiger partial charge in [0.25, 0.3) is 0 Å². The van der Waals surface area contributed by atoms with Crippen LogP contribution in [-0.2, 0) is 13.7 Å². The standard InChI is InChI=1S/C25H21FO4S2/c1-29-21-14-18-24(19-15-21)31(22-8-4-2-5-9-22,23-10-6-3-7-11-23)30-32(27,28)25-16-12-20(26)13-17-25/h2-19H,1H3. The lowest BCUT2D eigenvalue weighted by Crippen LogP contribution is -2.14. The summed E-state index contributed by atoms with van der Waals surface area (Å²) >= 11 is 0. The summed E-state index contributed by atoms with van der Waals surface area (Å²) in [7, 11) is -5.40. The Balaban J connectivity index is 1.99. The van der Waals surface area contributed by atoms with E-state index in [0.29, 0.717) is 20.4 Å². The normalized spacial score (nSPS) is 12.3. The maximum atomic E-state index is 13.5. The van der Waals surface area contributed by atoms with Crippen LogP contribution in [0.25, 0.3) is 0 Å². The molecule has 0 saturated carbocycles. The van der Waals surface area contributed by atoms with Gasteiger partial charge in [-0.1, -0.05) is 36.4 Å². The fraction of sp³-hybridized carbons (Fsp3) is 0.0400. The van der Waals surface area contributed by atoms with E-state index < -0.39 is 26.2 Å². The Labute approximate surface area is 188 Å². The molecule has 0 N–H and O–H groups in total. The minimum Gasteiger partial charge on any atom is -0.497 e. The summed E-state index contributed by atoms with van der Waals surface area (Å²) in [4.78, 5) is 1.99. The topological polar surface area (TPSA) is 52.6 Å². The number of benzene rings is 4. The number of rotatable bonds is 7. The highest BCUT2D eigenvalue weighted by molar-refractivity contribution is 8.33. The van der Waals surface area contributed by atoms with Crippen molar-refractivity contribution in [1.82, 2.24) is 0 Å². The van der Waals surface area contributed by atoms with Gasteiger partial charge in [0, 0.05) is 14.7 Å². The van der Waals surface area contributed by atoms with Crippen molar-refractivity contribution < 1.29 is 21.2 Å². The number of hydrogen-bond acceptors (Lipinski definition) is 4. The fourth-order valence-corrected chi connectivity index (χ4v) is 8.51. The average Bonchev–Trinajstić information content (AvgIpc) is 2.84. The van der Waals surface area contributed by atoms with E-state index in [1.165, 1.54) is 12.1 Å². The Hall–Kier alpha value is -3.13. The Kier molecular flexibility index (Phi) is 6.32. The summed E-state index contributed by atoms with van der Waals surface area (Å²) in [6.45, 7) is 0. The van der Waals surface area contributed by atoms with Crippen LogP contribution < -0.4 is 4.74 Å². The minimum absolute atomic E-state index is 0.115. The van der Waals surface area contributed by atoms with E-state index in [4.69, 9.17) is 8.37 Å². The Bertz CT molecular complexity index is 1240. The summed E-state index contributed by atoms with van der Waals surface area (Å²) in [5.41, 5.74) is 0. The highest BCUT2D eigenvalue weighted by atomic mass is 32.3. The van der Waals surface area contributed by atoms with E-state index in [9.17, 15) is 12.8 Å². The van der Waals surface area contributed by atoms with Gasteiger partial charge in [-0.2, -0.15) is 8.42 Å². The van der Waals surface area contributed by atoms with Crippen molar-refractivity contribution in [2.24, 2.45) is 0 Å². The van der Waals surface area contributed by atoms with Gasteiger partial charge in [-0.3, -0.25) is 0 Å². The summed E-state index contributed by atoms with van der Waals surface area (Å²) < 4.78 is 51.8. The van der Waals surface area contributed by atoms with Crippen LogP contribution in [0.5, 0.6) is 5.75 Å². The third-order valence-corrected chi connectivity index (χ3v) is 10.0. The van der Waals surface area contributed by atoms with E-state index in [-0.39, 0.29) is 4.90 Å². The second-order valence-electron chi connectivity index (χ2n) is 6.83. The van der Waals surface area contributed by atoms with Crippen molar-refractivity contribution in [3.63, 3.8) is 0 Å². The van der Waals surface area contributed by atoms with Crippen LogP contribution in [0.3, 0.4) is 0 Å². The Morgan fingerprint density at radius 1 is 0.594 bits per heavy atom. The first-order chi connectivity index (χ1) is 15.5. The number of methoxy groups -OCH3 is 1. The average molecular weight is 469 g/mol. The van der Waals surface area contributed by atoms with Crippen molar-refractivity contribution in [1.29, 1.82) is 0 Å². The molecule has 4 nitrogen and oxygen atoms in total. The second-order valence-corrected chi connectivity index (χ2v) is 11.3. The summed E-state index contributed by atoms with van der Waals surface area (Å²) in [5, 5.41) is 0. The molecule has 0 bridgehead atoms. The summed E-state index contributed by atoms with van der Waals surface area (Å²) in [6.07, 6.45) is 0. The van der Waals surface area contributed by atoms with E-state index in [1.54, 1.807) is 19.2 Å². The third kappa shape index (κ3) is 4.27. The summed E-state index contributed by atoms with van der Waals surface area (Å²) in [6, 6.07) is 30.3. The number of halogens is 1. The van der Waals surface area contributed by atoms with Crippen LogP contribution in [-0.4, -0.2) is 15.5 Å². The van der Waals surface area contributed by atoms with Gasteiger partial charge in [0.2, 0.25) is 0 Å². The Morgan fingerprint density at radius 2 is 1.03 bits per heavy atom. The molecule has 164 valence electrons. The molecule has 0 aliphatic rings. The molecule has 0 aliphatic heterocycles. The molecule has 4 aromatic carbocycles. The molecule has 0 aliphatic carbocycles. The molecule has 0 unspecified atom stereocenters. The van der Waals surface area contributed by atoms with E-state index >= 15 is 0 Å². The lowest BCUT2D eigenvalue weighted by Gasteiger charge is -2.39. The van der Waals surface area contributed by atoms with Crippen molar-refractivity contribution >= 4 is 20.4 Å². The molecule has 0 saturated heterocycles. The zero-order valence-electron chi connectivity index (χ0n) is 17.2. The fourth-order valence-electron chi connectivity index (χ4n) is 3.29. The van der Waals surface area contributed by atoms with Crippen molar-refractivity contribution in [3.8, 4) is 5.75 Å². The van der Waals surface area contributed by atoms with E-state index in [2.05, 4.69) is 0 Å². The molecular weight excluding hydrogens is 447 g/mol. The van der Waals surface area contributed by atoms with Crippen molar-refractivity contribution in [2.75, 3.05) is 7.11 Å². The molecule has 0 spiro atoms. The van der Waals surface area contributed by atoms with Crippen molar-refractivity contribution in [3.05, 3.63) is 115 Å². The molecule has 32 heavy (non-hydrogen) atoms. The zero-order chi connectivity index (χ0) is 22.6. The maximum Gasteiger partial charge on any atom is 0.307 e. The molecule has 0 fully saturated rings. The third-order valence-electron chi connectivity index (χ3n) is 4.84. The van der Waals surface area contributed by atoms with Crippen molar-refractivity contribution in [2.45, 2.75) is 19.6 Å². The van der Waals surface area contributed by atoms with Gasteiger partial charge in [0.1, 0.15) is 11.6 Å². The first-order valence-corrected chi connectivity index (χ1v) is 12.7. The van der Waals surface area contributed by atoms with Gasteiger partial charge in [-0.25, -0.2) is 8.02 Å². The molecule has 0 radical (unpaired) electrons. The molecule has 4 aromatic rings. The van der Waals surface area contributed by atoms with Gasteiger partial charge in [-0.15, -0.1) is 0 Å². The quantitative estimate of drug-likeness (QED) is 0.313. The second kappa shape index (κ2) is 9.16. The largest absolute Gasteiger partial charge is 0.497 e. The first kappa shape index (κ1) is 22.1. The summed E-state index contributed by atoms with van der Waals surface area (Å²) in [5.74, 6) is 0.119. The van der Waals surface area contributed by atoms with Gasteiger partial charge in [0.15, 0.2) is 0 Å². The van der Waals surface area contributed by atoms with Crippen LogP contribution in [0.2, 0.25) is 0 Å². The lowest BCUT2D eigenvalue weighted by molar-refractivity contribution is 0.414. The van der Waals surface area contributed by atoms with Crippen LogP contribution in [0, 0.1) is 5.82 Å². The monoisotopic (exact) mass is 468 g/mol. The molecule has 0 aromatic heterocycles. The lowest BCUT2D eigenvalue weighted by atomic mass is 10.3. The molecule has 7 heteroatoms. The van der Waals surface area contributed by atoms with Gasteiger partial charge < -0.3 is 4.74 Å². The highest BCUT2D eigenvalue weighted by Crippen LogP contribution is 2.70. The predicted molar refractivity (Wildman–Crippen MR) is 123 cm³/mol. The van der Waals surface area contributed by atoms with Crippen LogP contribution in [0.4, 0.5) is 4.39 Å². The van der Waals surface area contributed by atoms with Crippen LogP contribution >= 0.6 is 10.3 Å². The molecule has 0 amide bonds. The smallest absolute Gasteiger partial charge is 0.307 e. The minimum atomic E-state index is -4.26. The number of ether oxygens (including phenoxy) is 1. The molecule has 0 atom stereocenters. The zero-order valence-corrected chi connectivity index (χ0v) is 18.9. The molecule has 4 rings (SSSR count). The van der Waals surface area contributed by atoms with E-state index in [1.807, 2.05) is 72.8 Å². The SMILES string of the molecule is COc1ccc(S(OS(=O)(=O)c2ccc(F)cc2)(c2ccccc2)c2ccccc2)cc1. The van der Waals surface area contributed by atoms with Gasteiger partial charge >= 0.3 is 10.1 Å². The predicted octanol–water partition coefficient (Wildman–Crippen LogP) is 6.44. The van der Waals surface area contributed by atoms with Crippen LogP contribution in [0.15, 0.2) is 129 Å². The molecular formula is C25H21FO4S2. The van der Waals surface area contributed by atoms with Gasteiger partial charge in [-0.05, 0) is 83.1 Å². The van der Waals surface area contributed by atoms with Crippen LogP contribution in [0.1, 0.15) is 0 Å². The van der Waals surface area contributed by atoms with Gasteiger partial charge in [0.05, 0.1) is 12.0 Å². The maximum absolute atomic E-state index is 13.5. The molecule has 0 heterocycles. The highest BCUT2D eigenvalue weighted by Gasteiger charge is 2.38.